The molecule has 5 heteroatoms. The van der Waals surface area contributed by atoms with Gasteiger partial charge >= 0.3 is 5.97 Å². The number of ether oxygens (including phenoxy) is 1. The van der Waals surface area contributed by atoms with Crippen LogP contribution in [0.3, 0.4) is 0 Å². The van der Waals surface area contributed by atoms with Gasteiger partial charge in [-0.3, -0.25) is 10.1 Å². The van der Waals surface area contributed by atoms with E-state index in [2.05, 4.69) is 27.0 Å². The second-order valence-electron chi connectivity index (χ2n) is 5.14. The molecule has 0 radical (unpaired) electrons. The van der Waals surface area contributed by atoms with Crippen molar-refractivity contribution in [2.45, 2.75) is 32.5 Å². The number of carbonyl (C=O) groups excluding carboxylic acids is 1. The highest BCUT2D eigenvalue weighted by atomic mass is 16.5. The van der Waals surface area contributed by atoms with Crippen LogP contribution in [0.5, 0.6) is 0 Å². The number of benzene rings is 1. The third-order valence-electron chi connectivity index (χ3n) is 3.71. The van der Waals surface area contributed by atoms with E-state index in [0.717, 1.165) is 17.9 Å². The summed E-state index contributed by atoms with van der Waals surface area (Å²) in [5, 5.41) is 3.24. The summed E-state index contributed by atoms with van der Waals surface area (Å²) in [6.45, 7) is 3.67. The molecular weight excluding hydrogens is 266 g/mol. The van der Waals surface area contributed by atoms with Crippen LogP contribution in [-0.2, 0) is 29.0 Å². The molecule has 0 saturated heterocycles. The lowest BCUT2D eigenvalue weighted by Gasteiger charge is -2.22. The van der Waals surface area contributed by atoms with Gasteiger partial charge < -0.3 is 9.30 Å². The van der Waals surface area contributed by atoms with Gasteiger partial charge in [-0.05, 0) is 12.5 Å². The number of esters is 1. The van der Waals surface area contributed by atoms with E-state index in [4.69, 9.17) is 4.74 Å². The van der Waals surface area contributed by atoms with Gasteiger partial charge in [0.1, 0.15) is 6.04 Å². The van der Waals surface area contributed by atoms with E-state index in [1.54, 1.807) is 0 Å². The molecule has 0 bridgehead atoms. The zero-order valence-electron chi connectivity index (χ0n) is 12.1. The Morgan fingerprint density at radius 3 is 3.00 bits per heavy atom. The van der Waals surface area contributed by atoms with E-state index < -0.39 is 0 Å². The fourth-order valence-electron chi connectivity index (χ4n) is 2.63. The maximum Gasteiger partial charge on any atom is 0.323 e. The SMILES string of the molecule is CCOC(=O)[C@@H]1Cc2ncn(Cc3ccccc3)c2CN1. The second kappa shape index (κ2) is 6.10. The highest BCUT2D eigenvalue weighted by molar-refractivity contribution is 5.76. The van der Waals surface area contributed by atoms with Crippen LogP contribution < -0.4 is 5.32 Å². The Morgan fingerprint density at radius 1 is 1.43 bits per heavy atom. The molecule has 1 aromatic carbocycles. The minimum absolute atomic E-state index is 0.194. The monoisotopic (exact) mass is 285 g/mol. The van der Waals surface area contributed by atoms with Crippen molar-refractivity contribution in [3.8, 4) is 0 Å². The first-order valence-corrected chi connectivity index (χ1v) is 7.24. The standard InChI is InChI=1S/C16H19N3O2/c1-2-21-16(20)14-8-13-15(9-17-14)19(11-18-13)10-12-6-4-3-5-7-12/h3-7,11,14,17H,2,8-10H2,1H3/t14-/m0/s1. The molecule has 0 fully saturated rings. The molecular formula is C16H19N3O2. The number of rotatable bonds is 4. The summed E-state index contributed by atoms with van der Waals surface area (Å²) in [7, 11) is 0. The molecule has 0 saturated carbocycles. The number of nitrogens with zero attached hydrogens (tertiary/aromatic N) is 2. The van der Waals surface area contributed by atoms with Gasteiger partial charge in [0.2, 0.25) is 0 Å². The topological polar surface area (TPSA) is 56.1 Å². The van der Waals surface area contributed by atoms with Crippen LogP contribution in [0.2, 0.25) is 0 Å². The Kier molecular flexibility index (Phi) is 4.01. The molecule has 0 spiro atoms. The van der Waals surface area contributed by atoms with Crippen molar-refractivity contribution in [1.29, 1.82) is 0 Å². The number of aromatic nitrogens is 2. The Labute approximate surface area is 124 Å². The van der Waals surface area contributed by atoms with E-state index in [-0.39, 0.29) is 12.0 Å². The summed E-state index contributed by atoms with van der Waals surface area (Å²) in [4.78, 5) is 16.2. The molecule has 0 aliphatic carbocycles. The lowest BCUT2D eigenvalue weighted by atomic mass is 10.1. The van der Waals surface area contributed by atoms with Crippen molar-refractivity contribution in [2.24, 2.45) is 0 Å². The summed E-state index contributed by atoms with van der Waals surface area (Å²) < 4.78 is 7.20. The van der Waals surface area contributed by atoms with Gasteiger partial charge in [-0.25, -0.2) is 4.98 Å². The van der Waals surface area contributed by atoms with Crippen LogP contribution in [0.15, 0.2) is 36.7 Å². The van der Waals surface area contributed by atoms with Gasteiger partial charge in [0.05, 0.1) is 24.3 Å². The zero-order valence-corrected chi connectivity index (χ0v) is 12.1. The summed E-state index contributed by atoms with van der Waals surface area (Å²) in [5.74, 6) is -0.194. The van der Waals surface area contributed by atoms with Crippen molar-refractivity contribution < 1.29 is 9.53 Å². The Balaban J connectivity index is 1.73. The smallest absolute Gasteiger partial charge is 0.323 e. The molecule has 2 aromatic rings. The maximum atomic E-state index is 11.8. The van der Waals surface area contributed by atoms with Crippen LogP contribution in [-0.4, -0.2) is 28.2 Å². The normalized spacial score (nSPS) is 17.3. The highest BCUT2D eigenvalue weighted by Gasteiger charge is 2.28. The van der Waals surface area contributed by atoms with Crippen molar-refractivity contribution in [2.75, 3.05) is 6.61 Å². The van der Waals surface area contributed by atoms with Crippen LogP contribution in [0.4, 0.5) is 0 Å². The molecule has 1 aliphatic rings. The summed E-state index contributed by atoms with van der Waals surface area (Å²) in [5.41, 5.74) is 3.38. The lowest BCUT2D eigenvalue weighted by molar-refractivity contribution is -0.145. The molecule has 21 heavy (non-hydrogen) atoms. The molecule has 0 amide bonds. The molecule has 5 nitrogen and oxygen atoms in total. The largest absolute Gasteiger partial charge is 0.465 e. The molecule has 1 N–H and O–H groups in total. The maximum absolute atomic E-state index is 11.8. The number of carbonyl (C=O) groups is 1. The Morgan fingerprint density at radius 2 is 2.24 bits per heavy atom. The van der Waals surface area contributed by atoms with E-state index in [0.29, 0.717) is 19.6 Å². The molecule has 110 valence electrons. The quantitative estimate of drug-likeness (QED) is 0.865. The minimum atomic E-state index is -0.280. The molecule has 1 atom stereocenters. The highest BCUT2D eigenvalue weighted by Crippen LogP contribution is 2.17. The fourth-order valence-corrected chi connectivity index (χ4v) is 2.63. The second-order valence-corrected chi connectivity index (χ2v) is 5.14. The van der Waals surface area contributed by atoms with Gasteiger partial charge in [-0.1, -0.05) is 30.3 Å². The Hall–Kier alpha value is -2.14. The number of fused-ring (bicyclic) bond motifs is 1. The minimum Gasteiger partial charge on any atom is -0.465 e. The molecule has 3 rings (SSSR count). The summed E-state index contributed by atoms with van der Waals surface area (Å²) in [6.07, 6.45) is 2.45. The van der Waals surface area contributed by atoms with Crippen molar-refractivity contribution in [3.63, 3.8) is 0 Å². The molecule has 0 unspecified atom stereocenters. The molecule has 1 aliphatic heterocycles. The van der Waals surface area contributed by atoms with Crippen molar-refractivity contribution >= 4 is 5.97 Å². The van der Waals surface area contributed by atoms with Gasteiger partial charge in [-0.2, -0.15) is 0 Å². The predicted molar refractivity (Wildman–Crippen MR) is 78.7 cm³/mol. The lowest BCUT2D eigenvalue weighted by Crippen LogP contribution is -2.43. The van der Waals surface area contributed by atoms with Crippen molar-refractivity contribution in [3.05, 3.63) is 53.6 Å². The van der Waals surface area contributed by atoms with Crippen molar-refractivity contribution in [1.82, 2.24) is 14.9 Å². The number of imidazole rings is 1. The van der Waals surface area contributed by atoms with Crippen LogP contribution >= 0.6 is 0 Å². The first-order valence-electron chi connectivity index (χ1n) is 7.24. The average Bonchev–Trinajstić information content (AvgIpc) is 2.91. The predicted octanol–water partition coefficient (Wildman–Crippen LogP) is 1.51. The molecule has 1 aromatic heterocycles. The van der Waals surface area contributed by atoms with Crippen LogP contribution in [0, 0.1) is 0 Å². The third kappa shape index (κ3) is 2.97. The van der Waals surface area contributed by atoms with Gasteiger partial charge in [0.15, 0.2) is 0 Å². The van der Waals surface area contributed by atoms with Crippen LogP contribution in [0.1, 0.15) is 23.9 Å². The fraction of sp³-hybridized carbons (Fsp3) is 0.375. The van der Waals surface area contributed by atoms with E-state index in [1.807, 2.05) is 31.5 Å². The first kappa shape index (κ1) is 13.8. The number of hydrogen-bond acceptors (Lipinski definition) is 4. The molecule has 2 heterocycles. The van der Waals surface area contributed by atoms with Crippen LogP contribution in [0.25, 0.3) is 0 Å². The van der Waals surface area contributed by atoms with E-state index in [9.17, 15) is 4.79 Å². The number of hydrogen-bond donors (Lipinski definition) is 1. The average molecular weight is 285 g/mol. The summed E-state index contributed by atoms with van der Waals surface area (Å²) in [6, 6.07) is 10.0. The zero-order chi connectivity index (χ0) is 14.7. The van der Waals surface area contributed by atoms with E-state index >= 15 is 0 Å². The third-order valence-corrected chi connectivity index (χ3v) is 3.71. The van der Waals surface area contributed by atoms with Gasteiger partial charge in [0, 0.05) is 19.5 Å². The van der Waals surface area contributed by atoms with Gasteiger partial charge in [0.25, 0.3) is 0 Å². The Bertz CT molecular complexity index is 622. The first-order chi connectivity index (χ1) is 10.3. The number of nitrogens with one attached hydrogen (secondary N) is 1. The summed E-state index contributed by atoms with van der Waals surface area (Å²) >= 11 is 0. The van der Waals surface area contributed by atoms with E-state index in [1.165, 1.54) is 5.56 Å². The van der Waals surface area contributed by atoms with Gasteiger partial charge in [-0.15, -0.1) is 0 Å².